The molecule has 0 atom stereocenters. The molecular weight excluding hydrogens is 314 g/mol. The second kappa shape index (κ2) is 5.38. The van der Waals surface area contributed by atoms with Gasteiger partial charge < -0.3 is 14.3 Å². The van der Waals surface area contributed by atoms with Crippen LogP contribution in [0.2, 0.25) is 0 Å². The number of nitrogens with zero attached hydrogens (tertiary/aromatic N) is 1. The van der Waals surface area contributed by atoms with Gasteiger partial charge in [0.25, 0.3) is 0 Å². The number of carboxylic acids is 1. The first-order chi connectivity index (χ1) is 11.1. The summed E-state index contributed by atoms with van der Waals surface area (Å²) >= 11 is 1.55. The van der Waals surface area contributed by atoms with Crippen LogP contribution in [-0.2, 0) is 6.61 Å². The zero-order chi connectivity index (χ0) is 16.0. The molecule has 0 unspecified atom stereocenters. The summed E-state index contributed by atoms with van der Waals surface area (Å²) in [5, 5.41) is 10.1. The molecule has 118 valence electrons. The van der Waals surface area contributed by atoms with Gasteiger partial charge >= 0.3 is 5.97 Å². The molecule has 0 saturated heterocycles. The number of hydrogen-bond acceptors (Lipinski definition) is 5. The summed E-state index contributed by atoms with van der Waals surface area (Å²) in [5.74, 6) is 0.540. The van der Waals surface area contributed by atoms with Gasteiger partial charge in [-0.05, 0) is 38.0 Å². The van der Waals surface area contributed by atoms with Crippen LogP contribution in [0.5, 0.6) is 5.75 Å². The van der Waals surface area contributed by atoms with Gasteiger partial charge in [-0.15, -0.1) is 11.3 Å². The summed E-state index contributed by atoms with van der Waals surface area (Å²) in [5.41, 5.74) is 3.63. The lowest BCUT2D eigenvalue weighted by molar-refractivity contribution is 0.0696. The third-order valence-corrected chi connectivity index (χ3v) is 4.97. The Balaban J connectivity index is 1.68. The summed E-state index contributed by atoms with van der Waals surface area (Å²) < 4.78 is 11.6. The Hall–Kier alpha value is -2.34. The van der Waals surface area contributed by atoms with Gasteiger partial charge in [-0.1, -0.05) is 0 Å². The van der Waals surface area contributed by atoms with Crippen LogP contribution in [0.3, 0.4) is 0 Å². The van der Waals surface area contributed by atoms with Crippen LogP contribution in [0.25, 0.3) is 11.0 Å². The fourth-order valence-electron chi connectivity index (χ4n) is 2.65. The first kappa shape index (κ1) is 14.3. The molecule has 5 nitrogen and oxygen atoms in total. The Labute approximate surface area is 136 Å². The van der Waals surface area contributed by atoms with Crippen molar-refractivity contribution in [1.29, 1.82) is 0 Å². The molecule has 0 aliphatic heterocycles. The van der Waals surface area contributed by atoms with E-state index in [0.717, 1.165) is 23.4 Å². The van der Waals surface area contributed by atoms with Crippen LogP contribution in [0, 0.1) is 6.92 Å². The van der Waals surface area contributed by atoms with Crippen LogP contribution in [-0.4, -0.2) is 16.1 Å². The quantitative estimate of drug-likeness (QED) is 0.753. The summed E-state index contributed by atoms with van der Waals surface area (Å²) in [6.07, 6.45) is 1.99. The van der Waals surface area contributed by atoms with Gasteiger partial charge in [0.1, 0.15) is 29.3 Å². The van der Waals surface area contributed by atoms with Gasteiger partial charge in [0.15, 0.2) is 0 Å². The Morgan fingerprint density at radius 3 is 2.96 bits per heavy atom. The minimum atomic E-state index is -0.943. The highest BCUT2D eigenvalue weighted by atomic mass is 32.1. The number of benzene rings is 1. The number of aryl methyl sites for hydroxylation is 1. The van der Waals surface area contributed by atoms with E-state index in [1.807, 2.05) is 13.0 Å². The van der Waals surface area contributed by atoms with E-state index in [-0.39, 0.29) is 11.5 Å². The monoisotopic (exact) mass is 329 g/mol. The van der Waals surface area contributed by atoms with Gasteiger partial charge in [0.2, 0.25) is 0 Å². The molecule has 23 heavy (non-hydrogen) atoms. The Bertz CT molecular complexity index is 891. The number of fused-ring (bicyclic) bond motifs is 1. The van der Waals surface area contributed by atoms with Crippen molar-refractivity contribution < 1.29 is 19.1 Å². The number of aromatic nitrogens is 1. The molecule has 0 bridgehead atoms. The van der Waals surface area contributed by atoms with E-state index < -0.39 is 5.97 Å². The van der Waals surface area contributed by atoms with Crippen LogP contribution in [0.4, 0.5) is 0 Å². The molecule has 2 heterocycles. The van der Waals surface area contributed by atoms with Crippen molar-refractivity contribution in [1.82, 2.24) is 4.98 Å². The van der Waals surface area contributed by atoms with Crippen LogP contribution in [0.15, 0.2) is 28.1 Å². The van der Waals surface area contributed by atoms with Crippen LogP contribution < -0.4 is 4.74 Å². The van der Waals surface area contributed by atoms with Crippen molar-refractivity contribution in [2.24, 2.45) is 0 Å². The maximum Gasteiger partial charge on any atom is 0.339 e. The van der Waals surface area contributed by atoms with Crippen LogP contribution >= 0.6 is 11.3 Å². The first-order valence-corrected chi connectivity index (χ1v) is 8.33. The molecule has 1 aliphatic rings. The highest BCUT2D eigenvalue weighted by Gasteiger charge is 2.33. The Kier molecular flexibility index (Phi) is 3.34. The number of hydrogen-bond donors (Lipinski definition) is 1. The normalized spacial score (nSPS) is 14.3. The van der Waals surface area contributed by atoms with E-state index in [4.69, 9.17) is 9.15 Å². The minimum absolute atomic E-state index is 0.248. The third kappa shape index (κ3) is 2.59. The predicted molar refractivity (Wildman–Crippen MR) is 86.3 cm³/mol. The van der Waals surface area contributed by atoms with E-state index in [9.17, 15) is 9.90 Å². The molecule has 1 saturated carbocycles. The lowest BCUT2D eigenvalue weighted by Gasteiger charge is -2.05. The van der Waals surface area contributed by atoms with Gasteiger partial charge in [-0.2, -0.15) is 0 Å². The molecule has 0 spiro atoms. The summed E-state index contributed by atoms with van der Waals surface area (Å²) in [4.78, 5) is 16.9. The lowest BCUT2D eigenvalue weighted by Crippen LogP contribution is -1.99. The van der Waals surface area contributed by atoms with Gasteiger partial charge in [-0.3, -0.25) is 0 Å². The number of furan rings is 1. The van der Waals surface area contributed by atoms with E-state index in [1.165, 1.54) is 0 Å². The topological polar surface area (TPSA) is 72.6 Å². The zero-order valence-electron chi connectivity index (χ0n) is 12.5. The fraction of sp³-hybridized carbons (Fsp3) is 0.294. The molecule has 6 heteroatoms. The predicted octanol–water partition coefficient (Wildman–Crippen LogP) is 4.35. The van der Waals surface area contributed by atoms with Gasteiger partial charge in [-0.25, -0.2) is 9.78 Å². The Morgan fingerprint density at radius 1 is 1.48 bits per heavy atom. The first-order valence-electron chi connectivity index (χ1n) is 7.45. The standard InChI is InChI=1S/C17H15NO4S/c1-9-14(23-8-18-9)7-21-11-4-5-13-12(6-11)15(17(19)20)16(22-13)10-2-3-10/h4-6,8,10H,2-3,7H2,1H3,(H,19,20). The number of carboxylic acid groups (broad SMARTS) is 1. The molecule has 2 aromatic heterocycles. The van der Waals surface area contributed by atoms with Crippen molar-refractivity contribution >= 4 is 28.3 Å². The number of aromatic carboxylic acids is 1. The van der Waals surface area contributed by atoms with Gasteiger partial charge in [0.05, 0.1) is 16.1 Å². The number of carbonyl (C=O) groups is 1. The molecule has 4 rings (SSSR count). The summed E-state index contributed by atoms with van der Waals surface area (Å²) in [6, 6.07) is 5.34. The molecule has 1 aromatic carbocycles. The Morgan fingerprint density at radius 2 is 2.30 bits per heavy atom. The average molecular weight is 329 g/mol. The van der Waals surface area contributed by atoms with Crippen molar-refractivity contribution in [3.63, 3.8) is 0 Å². The largest absolute Gasteiger partial charge is 0.488 e. The highest BCUT2D eigenvalue weighted by molar-refractivity contribution is 7.09. The maximum absolute atomic E-state index is 11.6. The average Bonchev–Trinajstić information content (AvgIpc) is 3.18. The summed E-state index contributed by atoms with van der Waals surface area (Å²) in [6.45, 7) is 2.37. The number of rotatable bonds is 5. The smallest absolute Gasteiger partial charge is 0.339 e. The molecule has 0 radical (unpaired) electrons. The third-order valence-electron chi connectivity index (χ3n) is 4.06. The number of ether oxygens (including phenoxy) is 1. The fourth-order valence-corrected chi connectivity index (χ4v) is 3.34. The number of thiazole rings is 1. The molecule has 1 fully saturated rings. The maximum atomic E-state index is 11.6. The SMILES string of the molecule is Cc1ncsc1COc1ccc2oc(C3CC3)c(C(=O)O)c2c1. The second-order valence-corrected chi connectivity index (χ2v) is 6.67. The van der Waals surface area contributed by atoms with Crippen LogP contribution in [0.1, 0.15) is 45.4 Å². The molecule has 0 amide bonds. The van der Waals surface area contributed by atoms with E-state index in [2.05, 4.69) is 4.98 Å². The summed E-state index contributed by atoms with van der Waals surface area (Å²) in [7, 11) is 0. The van der Waals surface area contributed by atoms with Crippen molar-refractivity contribution in [3.8, 4) is 5.75 Å². The lowest BCUT2D eigenvalue weighted by atomic mass is 10.1. The van der Waals surface area contributed by atoms with E-state index in [0.29, 0.717) is 29.1 Å². The van der Waals surface area contributed by atoms with E-state index >= 15 is 0 Å². The molecule has 1 aliphatic carbocycles. The second-order valence-electron chi connectivity index (χ2n) is 5.73. The minimum Gasteiger partial charge on any atom is -0.488 e. The molecular formula is C17H15NO4S. The zero-order valence-corrected chi connectivity index (χ0v) is 13.4. The highest BCUT2D eigenvalue weighted by Crippen LogP contribution is 2.45. The molecule has 3 aromatic rings. The van der Waals surface area contributed by atoms with Crippen molar-refractivity contribution in [3.05, 3.63) is 45.6 Å². The van der Waals surface area contributed by atoms with Gasteiger partial charge in [0, 0.05) is 11.3 Å². The van der Waals surface area contributed by atoms with Crippen molar-refractivity contribution in [2.75, 3.05) is 0 Å². The van der Waals surface area contributed by atoms with E-state index in [1.54, 1.807) is 29.0 Å². The van der Waals surface area contributed by atoms with Crippen molar-refractivity contribution in [2.45, 2.75) is 32.3 Å². The molecule has 1 N–H and O–H groups in total.